The van der Waals surface area contributed by atoms with Crippen molar-refractivity contribution in [1.82, 2.24) is 0 Å². The molecule has 0 fully saturated rings. The summed E-state index contributed by atoms with van der Waals surface area (Å²) in [5, 5.41) is 1.16. The largest absolute Gasteiger partial charge is 0.459 e. The molecule has 86 valence electrons. The van der Waals surface area contributed by atoms with Crippen molar-refractivity contribution in [2.24, 2.45) is 11.7 Å². The fraction of sp³-hybridized carbons (Fsp3) is 0.429. The van der Waals surface area contributed by atoms with Crippen molar-refractivity contribution in [3.8, 4) is 0 Å². The Morgan fingerprint density at radius 2 is 2.06 bits per heavy atom. The van der Waals surface area contributed by atoms with E-state index in [0.29, 0.717) is 5.92 Å². The molecule has 0 saturated carbocycles. The number of fused-ring (bicyclic) bond motifs is 1. The van der Waals surface area contributed by atoms with Gasteiger partial charge < -0.3 is 10.2 Å². The summed E-state index contributed by atoms with van der Waals surface area (Å²) in [5.41, 5.74) is 8.35. The fourth-order valence-electron chi connectivity index (χ4n) is 1.91. The molecule has 0 radical (unpaired) electrons. The summed E-state index contributed by atoms with van der Waals surface area (Å²) in [6.07, 6.45) is 0.987. The third-order valence-electron chi connectivity index (χ3n) is 3.07. The van der Waals surface area contributed by atoms with E-state index in [0.717, 1.165) is 23.2 Å². The summed E-state index contributed by atoms with van der Waals surface area (Å²) >= 11 is 0. The van der Waals surface area contributed by atoms with Crippen molar-refractivity contribution in [2.45, 2.75) is 33.2 Å². The van der Waals surface area contributed by atoms with Gasteiger partial charge >= 0.3 is 0 Å². The first-order valence-electron chi connectivity index (χ1n) is 5.90. The van der Waals surface area contributed by atoms with Gasteiger partial charge in [-0.1, -0.05) is 39.0 Å². The van der Waals surface area contributed by atoms with Crippen LogP contribution in [0.5, 0.6) is 0 Å². The molecule has 2 heteroatoms. The lowest BCUT2D eigenvalue weighted by Crippen LogP contribution is -2.15. The van der Waals surface area contributed by atoms with Crippen LogP contribution in [0.15, 0.2) is 28.7 Å². The van der Waals surface area contributed by atoms with Crippen LogP contribution < -0.4 is 5.73 Å². The van der Waals surface area contributed by atoms with Gasteiger partial charge in [0.25, 0.3) is 0 Å². The zero-order chi connectivity index (χ0) is 11.7. The quantitative estimate of drug-likeness (QED) is 0.852. The highest BCUT2D eigenvalue weighted by Crippen LogP contribution is 2.28. The Hall–Kier alpha value is -1.28. The van der Waals surface area contributed by atoms with Crippen molar-refractivity contribution in [1.29, 1.82) is 0 Å². The fourth-order valence-corrected chi connectivity index (χ4v) is 1.91. The molecule has 16 heavy (non-hydrogen) atoms. The second-order valence-electron chi connectivity index (χ2n) is 4.61. The Balaban J connectivity index is 2.51. The monoisotopic (exact) mass is 217 g/mol. The molecule has 2 rings (SSSR count). The molecular weight excluding hydrogens is 198 g/mol. The molecule has 0 bridgehead atoms. The van der Waals surface area contributed by atoms with Crippen LogP contribution in [0.1, 0.15) is 38.1 Å². The molecule has 0 spiro atoms. The highest BCUT2D eigenvalue weighted by molar-refractivity contribution is 5.81. The Labute approximate surface area is 96.4 Å². The van der Waals surface area contributed by atoms with E-state index in [1.807, 2.05) is 0 Å². The first kappa shape index (κ1) is 11.2. The minimum atomic E-state index is -0.0166. The first-order chi connectivity index (χ1) is 7.63. The lowest BCUT2D eigenvalue weighted by molar-refractivity contribution is 0.417. The van der Waals surface area contributed by atoms with Crippen molar-refractivity contribution in [3.05, 3.63) is 35.6 Å². The van der Waals surface area contributed by atoms with Crippen molar-refractivity contribution in [3.63, 3.8) is 0 Å². The standard InChI is InChI=1S/C14H19NO/c1-4-10-6-5-7-11-8-12(16-14(10)11)13(15)9(2)3/h5-9,13H,4,15H2,1-3H3/t13-/m0/s1. The number of furan rings is 1. The number of para-hydroxylation sites is 1. The van der Waals surface area contributed by atoms with E-state index in [1.54, 1.807) is 0 Å². The number of rotatable bonds is 3. The summed E-state index contributed by atoms with van der Waals surface area (Å²) in [7, 11) is 0. The van der Waals surface area contributed by atoms with Gasteiger partial charge in [-0.05, 0) is 24.0 Å². The second kappa shape index (κ2) is 4.30. The van der Waals surface area contributed by atoms with Gasteiger partial charge in [-0.25, -0.2) is 0 Å². The van der Waals surface area contributed by atoms with Crippen LogP contribution in [-0.2, 0) is 6.42 Å². The Morgan fingerprint density at radius 1 is 1.31 bits per heavy atom. The van der Waals surface area contributed by atoms with Gasteiger partial charge in [0.1, 0.15) is 11.3 Å². The number of hydrogen-bond donors (Lipinski definition) is 1. The maximum absolute atomic E-state index is 6.10. The number of benzene rings is 1. The number of nitrogens with two attached hydrogens (primary N) is 1. The zero-order valence-corrected chi connectivity index (χ0v) is 10.2. The summed E-state index contributed by atoms with van der Waals surface area (Å²) in [4.78, 5) is 0. The van der Waals surface area contributed by atoms with Crippen molar-refractivity contribution >= 4 is 11.0 Å². The Bertz CT molecular complexity index is 484. The average molecular weight is 217 g/mol. The van der Waals surface area contributed by atoms with E-state index in [-0.39, 0.29) is 6.04 Å². The molecule has 2 N–H and O–H groups in total. The van der Waals surface area contributed by atoms with E-state index in [1.165, 1.54) is 5.56 Å². The summed E-state index contributed by atoms with van der Waals surface area (Å²) in [6, 6.07) is 8.31. The van der Waals surface area contributed by atoms with Gasteiger partial charge in [0.15, 0.2) is 0 Å². The molecule has 2 aromatic rings. The van der Waals surface area contributed by atoms with E-state index in [2.05, 4.69) is 45.0 Å². The molecule has 0 amide bonds. The molecule has 1 aromatic carbocycles. The van der Waals surface area contributed by atoms with Gasteiger partial charge in [0, 0.05) is 5.39 Å². The number of hydrogen-bond acceptors (Lipinski definition) is 2. The Morgan fingerprint density at radius 3 is 2.69 bits per heavy atom. The van der Waals surface area contributed by atoms with Crippen LogP contribution in [-0.4, -0.2) is 0 Å². The topological polar surface area (TPSA) is 39.2 Å². The van der Waals surface area contributed by atoms with Crippen LogP contribution in [0.3, 0.4) is 0 Å². The zero-order valence-electron chi connectivity index (χ0n) is 10.2. The van der Waals surface area contributed by atoms with E-state index in [9.17, 15) is 0 Å². The molecule has 1 heterocycles. The average Bonchev–Trinajstić information content (AvgIpc) is 2.70. The van der Waals surface area contributed by atoms with Gasteiger partial charge in [-0.2, -0.15) is 0 Å². The molecule has 0 saturated heterocycles. The van der Waals surface area contributed by atoms with Crippen molar-refractivity contribution in [2.75, 3.05) is 0 Å². The lowest BCUT2D eigenvalue weighted by Gasteiger charge is -2.11. The molecular formula is C14H19NO. The third-order valence-corrected chi connectivity index (χ3v) is 3.07. The normalized spacial score (nSPS) is 13.6. The highest BCUT2D eigenvalue weighted by Gasteiger charge is 2.16. The SMILES string of the molecule is CCc1cccc2cc([C@@H](N)C(C)C)oc12. The van der Waals surface area contributed by atoms with Crippen LogP contribution in [0.25, 0.3) is 11.0 Å². The molecule has 0 aliphatic heterocycles. The first-order valence-corrected chi connectivity index (χ1v) is 5.90. The lowest BCUT2D eigenvalue weighted by atomic mass is 10.0. The third kappa shape index (κ3) is 1.85. The molecule has 0 unspecified atom stereocenters. The van der Waals surface area contributed by atoms with Crippen LogP contribution in [0.2, 0.25) is 0 Å². The van der Waals surface area contributed by atoms with E-state index >= 15 is 0 Å². The second-order valence-corrected chi connectivity index (χ2v) is 4.61. The highest BCUT2D eigenvalue weighted by atomic mass is 16.3. The maximum atomic E-state index is 6.10. The smallest absolute Gasteiger partial charge is 0.137 e. The molecule has 1 aromatic heterocycles. The summed E-state index contributed by atoms with van der Waals surface area (Å²) in [5.74, 6) is 1.29. The van der Waals surface area contributed by atoms with Crippen molar-refractivity contribution < 1.29 is 4.42 Å². The summed E-state index contributed by atoms with van der Waals surface area (Å²) < 4.78 is 5.89. The predicted octanol–water partition coefficient (Wildman–Crippen LogP) is 3.65. The minimum absolute atomic E-state index is 0.0166. The predicted molar refractivity (Wildman–Crippen MR) is 67.4 cm³/mol. The molecule has 1 atom stereocenters. The van der Waals surface area contributed by atoms with Crippen LogP contribution in [0.4, 0.5) is 0 Å². The maximum Gasteiger partial charge on any atom is 0.137 e. The Kier molecular flexibility index (Phi) is 3.01. The summed E-state index contributed by atoms with van der Waals surface area (Å²) in [6.45, 7) is 6.36. The van der Waals surface area contributed by atoms with Gasteiger partial charge in [-0.3, -0.25) is 0 Å². The minimum Gasteiger partial charge on any atom is -0.459 e. The molecule has 0 aliphatic rings. The van der Waals surface area contributed by atoms with E-state index < -0.39 is 0 Å². The molecule has 0 aliphatic carbocycles. The van der Waals surface area contributed by atoms with Gasteiger partial charge in [0.05, 0.1) is 6.04 Å². The number of aryl methyl sites for hydroxylation is 1. The van der Waals surface area contributed by atoms with Gasteiger partial charge in [-0.15, -0.1) is 0 Å². The van der Waals surface area contributed by atoms with Crippen LogP contribution >= 0.6 is 0 Å². The molecule has 2 nitrogen and oxygen atoms in total. The van der Waals surface area contributed by atoms with Crippen LogP contribution in [0, 0.1) is 5.92 Å². The van der Waals surface area contributed by atoms with E-state index in [4.69, 9.17) is 10.2 Å². The van der Waals surface area contributed by atoms with Gasteiger partial charge in [0.2, 0.25) is 0 Å².